The van der Waals surface area contributed by atoms with Gasteiger partial charge in [-0.15, -0.1) is 0 Å². The van der Waals surface area contributed by atoms with Gasteiger partial charge in [-0.1, -0.05) is 29.4 Å². The molecule has 1 aliphatic carbocycles. The molecule has 0 atom stereocenters. The molecule has 1 aliphatic heterocycles. The molecule has 134 valence electrons. The van der Waals surface area contributed by atoms with Gasteiger partial charge in [0.2, 0.25) is 10.0 Å². The van der Waals surface area contributed by atoms with Gasteiger partial charge in [-0.25, -0.2) is 8.42 Å². The van der Waals surface area contributed by atoms with Gasteiger partial charge in [0.05, 0.1) is 17.9 Å². The van der Waals surface area contributed by atoms with Crippen LogP contribution in [0.4, 0.5) is 11.4 Å². The van der Waals surface area contributed by atoms with E-state index in [4.69, 9.17) is 4.52 Å². The van der Waals surface area contributed by atoms with Crippen molar-refractivity contribution in [2.75, 3.05) is 22.3 Å². The van der Waals surface area contributed by atoms with E-state index in [0.717, 1.165) is 23.3 Å². The molecule has 5 rings (SSSR count). The van der Waals surface area contributed by atoms with Crippen molar-refractivity contribution in [1.29, 1.82) is 0 Å². The lowest BCUT2D eigenvalue weighted by Crippen LogP contribution is -2.45. The van der Waals surface area contributed by atoms with Crippen molar-refractivity contribution in [2.24, 2.45) is 0 Å². The summed E-state index contributed by atoms with van der Waals surface area (Å²) in [5.41, 5.74) is 2.84. The number of aromatic nitrogens is 1. The topological polar surface area (TPSA) is 66.7 Å². The second kappa shape index (κ2) is 5.74. The van der Waals surface area contributed by atoms with Gasteiger partial charge in [0.25, 0.3) is 0 Å². The first-order valence-electron chi connectivity index (χ1n) is 8.83. The number of fused-ring (bicyclic) bond motifs is 2. The number of nitrogens with zero attached hydrogens (tertiary/aromatic N) is 3. The molecule has 1 fully saturated rings. The summed E-state index contributed by atoms with van der Waals surface area (Å²) in [5.74, 6) is -0.165. The van der Waals surface area contributed by atoms with E-state index in [9.17, 15) is 8.42 Å². The highest BCUT2D eigenvalue weighted by Gasteiger charge is 2.37. The lowest BCUT2D eigenvalue weighted by atomic mass is 10.2. The monoisotopic (exact) mass is 369 g/mol. The van der Waals surface area contributed by atoms with Crippen LogP contribution in [-0.4, -0.2) is 32.7 Å². The molecule has 0 unspecified atom stereocenters. The first-order valence-corrected chi connectivity index (χ1v) is 10.4. The molecular weight excluding hydrogens is 350 g/mol. The fraction of sp³-hybridized carbons (Fsp3) is 0.316. The van der Waals surface area contributed by atoms with E-state index >= 15 is 0 Å². The molecule has 2 aromatic carbocycles. The molecule has 2 heterocycles. The van der Waals surface area contributed by atoms with Gasteiger partial charge in [-0.3, -0.25) is 4.31 Å². The van der Waals surface area contributed by atoms with Crippen LogP contribution in [0.2, 0.25) is 0 Å². The average Bonchev–Trinajstić information content (AvgIpc) is 3.43. The lowest BCUT2D eigenvalue weighted by molar-refractivity contribution is 0.448. The van der Waals surface area contributed by atoms with Gasteiger partial charge < -0.3 is 9.42 Å². The normalized spacial score (nSPS) is 17.5. The number of hydrogen-bond donors (Lipinski definition) is 0. The number of hydrogen-bond acceptors (Lipinski definition) is 5. The van der Waals surface area contributed by atoms with E-state index < -0.39 is 10.0 Å². The zero-order chi connectivity index (χ0) is 17.7. The molecule has 0 saturated heterocycles. The highest BCUT2D eigenvalue weighted by Crippen LogP contribution is 2.41. The molecule has 0 bridgehead atoms. The largest absolute Gasteiger partial charge is 0.365 e. The van der Waals surface area contributed by atoms with Gasteiger partial charge in [-0.2, -0.15) is 0 Å². The van der Waals surface area contributed by atoms with Crippen molar-refractivity contribution in [3.05, 3.63) is 54.2 Å². The van der Waals surface area contributed by atoms with Crippen LogP contribution in [0.5, 0.6) is 0 Å². The number of benzene rings is 2. The van der Waals surface area contributed by atoms with Gasteiger partial charge in [0, 0.05) is 18.0 Å². The number of anilines is 2. The predicted molar refractivity (Wildman–Crippen MR) is 101 cm³/mol. The maximum absolute atomic E-state index is 13.2. The summed E-state index contributed by atoms with van der Waals surface area (Å²) in [5, 5.41) is 4.74. The Morgan fingerprint density at radius 3 is 2.54 bits per heavy atom. The van der Waals surface area contributed by atoms with Crippen molar-refractivity contribution in [1.82, 2.24) is 5.16 Å². The minimum absolute atomic E-state index is 0.165. The Hall–Kier alpha value is -2.54. The molecule has 2 aliphatic rings. The number of para-hydroxylation sites is 3. The minimum Gasteiger partial charge on any atom is -0.365 e. The minimum atomic E-state index is -3.56. The third kappa shape index (κ3) is 2.54. The molecule has 3 aromatic rings. The van der Waals surface area contributed by atoms with Crippen LogP contribution in [0.25, 0.3) is 11.0 Å². The highest BCUT2D eigenvalue weighted by molar-refractivity contribution is 7.92. The third-order valence-electron chi connectivity index (χ3n) is 5.10. The zero-order valence-electron chi connectivity index (χ0n) is 14.2. The second-order valence-corrected chi connectivity index (χ2v) is 8.76. The second-order valence-electron chi connectivity index (χ2n) is 6.87. The molecule has 1 saturated carbocycles. The Kier molecular flexibility index (Phi) is 3.46. The van der Waals surface area contributed by atoms with Crippen LogP contribution in [0.15, 0.2) is 53.1 Å². The zero-order valence-corrected chi connectivity index (χ0v) is 15.0. The van der Waals surface area contributed by atoms with Crippen molar-refractivity contribution in [3.63, 3.8) is 0 Å². The fourth-order valence-corrected chi connectivity index (χ4v) is 5.23. The van der Waals surface area contributed by atoms with Crippen LogP contribution in [-0.2, 0) is 15.8 Å². The predicted octanol–water partition coefficient (Wildman–Crippen LogP) is 3.15. The maximum Gasteiger partial charge on any atom is 0.241 e. The highest BCUT2D eigenvalue weighted by atomic mass is 32.2. The van der Waals surface area contributed by atoms with E-state index in [1.54, 1.807) is 6.07 Å². The summed E-state index contributed by atoms with van der Waals surface area (Å²) in [6, 6.07) is 15.7. The summed E-state index contributed by atoms with van der Waals surface area (Å²) in [4.78, 5) is 2.34. The van der Waals surface area contributed by atoms with E-state index in [-0.39, 0.29) is 5.75 Å². The molecule has 1 aromatic heterocycles. The van der Waals surface area contributed by atoms with Crippen molar-refractivity contribution < 1.29 is 12.9 Å². The summed E-state index contributed by atoms with van der Waals surface area (Å²) in [7, 11) is -3.56. The Bertz CT molecular complexity index is 1070. The Morgan fingerprint density at radius 1 is 1.00 bits per heavy atom. The van der Waals surface area contributed by atoms with E-state index in [2.05, 4.69) is 10.1 Å². The van der Waals surface area contributed by atoms with E-state index in [1.165, 1.54) is 17.1 Å². The van der Waals surface area contributed by atoms with Crippen molar-refractivity contribution in [2.45, 2.75) is 24.6 Å². The van der Waals surface area contributed by atoms with Crippen molar-refractivity contribution in [3.8, 4) is 0 Å². The van der Waals surface area contributed by atoms with Crippen LogP contribution in [0.3, 0.4) is 0 Å². The van der Waals surface area contributed by atoms with Crippen LogP contribution in [0, 0.1) is 0 Å². The molecule has 6 nitrogen and oxygen atoms in total. The average molecular weight is 369 g/mol. The van der Waals surface area contributed by atoms with Crippen molar-refractivity contribution >= 4 is 32.4 Å². The van der Waals surface area contributed by atoms with Gasteiger partial charge in [-0.05, 0) is 37.1 Å². The Balaban J connectivity index is 1.51. The molecule has 7 heteroatoms. The van der Waals surface area contributed by atoms with Crippen LogP contribution >= 0.6 is 0 Å². The Morgan fingerprint density at radius 2 is 1.73 bits per heavy atom. The first-order chi connectivity index (χ1) is 12.6. The van der Waals surface area contributed by atoms with E-state index in [0.29, 0.717) is 23.9 Å². The number of rotatable bonds is 4. The van der Waals surface area contributed by atoms with Gasteiger partial charge in [0.15, 0.2) is 5.58 Å². The first kappa shape index (κ1) is 15.7. The fourth-order valence-electron chi connectivity index (χ4n) is 3.70. The smallest absolute Gasteiger partial charge is 0.241 e. The summed E-state index contributed by atoms with van der Waals surface area (Å²) < 4.78 is 33.2. The summed E-state index contributed by atoms with van der Waals surface area (Å²) in [6.07, 6.45) is 2.37. The molecule has 0 radical (unpaired) electrons. The van der Waals surface area contributed by atoms with E-state index in [1.807, 2.05) is 42.5 Å². The van der Waals surface area contributed by atoms with Crippen LogP contribution < -0.4 is 9.21 Å². The lowest BCUT2D eigenvalue weighted by Gasteiger charge is -2.38. The van der Waals surface area contributed by atoms with Crippen LogP contribution in [0.1, 0.15) is 18.5 Å². The van der Waals surface area contributed by atoms with Gasteiger partial charge in [0.1, 0.15) is 11.4 Å². The summed E-state index contributed by atoms with van der Waals surface area (Å²) in [6.45, 7) is 1.19. The molecular formula is C19H19N3O3S. The molecule has 0 N–H and O–H groups in total. The maximum atomic E-state index is 13.2. The van der Waals surface area contributed by atoms with Gasteiger partial charge >= 0.3 is 0 Å². The standard InChI is InChI=1S/C19H19N3O3S/c23-26(24,13-16-15-5-1-4-8-19(15)25-20-16)22-12-11-21(14-9-10-14)17-6-2-3-7-18(17)22/h1-8,14H,9-13H2. The quantitative estimate of drug-likeness (QED) is 0.707. The molecule has 26 heavy (non-hydrogen) atoms. The Labute approximate surface area is 152 Å². The summed E-state index contributed by atoms with van der Waals surface area (Å²) >= 11 is 0. The SMILES string of the molecule is O=S(=O)(Cc1noc2ccccc12)N1CCN(C2CC2)c2ccccc21. The number of sulfonamides is 1. The molecule has 0 amide bonds. The molecule has 0 spiro atoms. The third-order valence-corrected chi connectivity index (χ3v) is 6.79.